The van der Waals surface area contributed by atoms with Crippen LogP contribution in [0.15, 0.2) is 53.0 Å². The molecule has 1 atom stereocenters. The van der Waals surface area contributed by atoms with Gasteiger partial charge in [0, 0.05) is 15.4 Å². The molecule has 6 heteroatoms. The smallest absolute Gasteiger partial charge is 0.305 e. The van der Waals surface area contributed by atoms with E-state index >= 15 is 0 Å². The van der Waals surface area contributed by atoms with Crippen molar-refractivity contribution in [1.29, 1.82) is 0 Å². The molecule has 0 saturated heterocycles. The molecule has 2 aromatic carbocycles. The zero-order valence-corrected chi connectivity index (χ0v) is 15.1. The van der Waals surface area contributed by atoms with Crippen molar-refractivity contribution in [3.63, 3.8) is 0 Å². The monoisotopic (exact) mass is 400 g/mol. The van der Waals surface area contributed by atoms with Gasteiger partial charge in [-0.3, -0.25) is 9.59 Å². The summed E-state index contributed by atoms with van der Waals surface area (Å²) in [6.07, 6.45) is -0.188. The number of carbonyl (C=O) groups excluding carboxylic acids is 1. The Labute approximate surface area is 153 Å². The number of para-hydroxylation sites is 1. The van der Waals surface area contributed by atoms with Gasteiger partial charge in [-0.05, 0) is 36.2 Å². The van der Waals surface area contributed by atoms with E-state index in [2.05, 4.69) is 26.2 Å². The maximum Gasteiger partial charge on any atom is 0.305 e. The number of aliphatic carboxylic acids is 1. The number of carboxylic acids is 1. The van der Waals surface area contributed by atoms with Crippen molar-refractivity contribution < 1.29 is 14.7 Å². The second-order valence-corrected chi connectivity index (χ2v) is 6.81. The lowest BCUT2D eigenvalue weighted by atomic mass is 10.0. The van der Waals surface area contributed by atoms with E-state index in [1.54, 1.807) is 18.2 Å². The van der Waals surface area contributed by atoms with Gasteiger partial charge in [-0.1, -0.05) is 46.3 Å². The number of rotatable bonds is 5. The van der Waals surface area contributed by atoms with Crippen LogP contribution in [0.1, 0.15) is 34.1 Å². The van der Waals surface area contributed by atoms with Crippen molar-refractivity contribution in [2.24, 2.45) is 0 Å². The number of halogens is 1. The number of carboxylic acid groups (broad SMARTS) is 1. The lowest BCUT2D eigenvalue weighted by Crippen LogP contribution is -2.30. The lowest BCUT2D eigenvalue weighted by molar-refractivity contribution is -0.137. The molecule has 1 amide bonds. The van der Waals surface area contributed by atoms with Crippen LogP contribution in [0, 0.1) is 6.92 Å². The van der Waals surface area contributed by atoms with Crippen LogP contribution in [-0.2, 0) is 4.79 Å². The molecule has 1 heterocycles. The molecule has 0 saturated carbocycles. The molecular formula is C19H17BrN2O3. The van der Waals surface area contributed by atoms with Crippen LogP contribution in [0.3, 0.4) is 0 Å². The molecule has 0 spiro atoms. The molecule has 0 aliphatic rings. The minimum absolute atomic E-state index is 0.188. The summed E-state index contributed by atoms with van der Waals surface area (Å²) < 4.78 is 0.891. The predicted molar refractivity (Wildman–Crippen MR) is 99.6 cm³/mol. The third kappa shape index (κ3) is 3.91. The third-order valence-electron chi connectivity index (χ3n) is 4.07. The van der Waals surface area contributed by atoms with Gasteiger partial charge < -0.3 is 15.4 Å². The highest BCUT2D eigenvalue weighted by Crippen LogP contribution is 2.22. The molecule has 0 unspecified atom stereocenters. The number of fused-ring (bicyclic) bond motifs is 1. The standard InChI is InChI=1S/C19H17BrN2O3/c1-11-3-2-4-13-9-16(21-18(11)13)19(25)22-15(10-17(23)24)12-5-7-14(20)8-6-12/h2-9,15,21H,10H2,1H3,(H,22,25)(H,23,24)/t15-/m1/s1. The normalized spacial score (nSPS) is 12.1. The second kappa shape index (κ2) is 7.11. The molecule has 1 aromatic heterocycles. The largest absolute Gasteiger partial charge is 0.481 e. The van der Waals surface area contributed by atoms with Crippen molar-refractivity contribution in [2.75, 3.05) is 0 Å². The fourth-order valence-corrected chi connectivity index (χ4v) is 3.05. The highest BCUT2D eigenvalue weighted by Gasteiger charge is 2.20. The number of aromatic amines is 1. The Morgan fingerprint density at radius 1 is 1.20 bits per heavy atom. The molecule has 25 heavy (non-hydrogen) atoms. The van der Waals surface area contributed by atoms with Crippen molar-refractivity contribution >= 4 is 38.7 Å². The molecule has 128 valence electrons. The first kappa shape index (κ1) is 17.2. The Bertz CT molecular complexity index is 931. The minimum Gasteiger partial charge on any atom is -0.481 e. The molecule has 3 N–H and O–H groups in total. The number of aromatic nitrogens is 1. The lowest BCUT2D eigenvalue weighted by Gasteiger charge is -2.17. The predicted octanol–water partition coefficient (Wildman–Crippen LogP) is 4.18. The number of amides is 1. The van der Waals surface area contributed by atoms with E-state index in [4.69, 9.17) is 5.11 Å². The van der Waals surface area contributed by atoms with Gasteiger partial charge in [0.1, 0.15) is 5.69 Å². The fraction of sp³-hybridized carbons (Fsp3) is 0.158. The van der Waals surface area contributed by atoms with Gasteiger partial charge in [0.15, 0.2) is 0 Å². The highest BCUT2D eigenvalue weighted by atomic mass is 79.9. The van der Waals surface area contributed by atoms with E-state index in [9.17, 15) is 9.59 Å². The summed E-state index contributed by atoms with van der Waals surface area (Å²) >= 11 is 3.35. The van der Waals surface area contributed by atoms with Crippen LogP contribution in [0.5, 0.6) is 0 Å². The van der Waals surface area contributed by atoms with Crippen LogP contribution >= 0.6 is 15.9 Å². The number of hydrogen-bond acceptors (Lipinski definition) is 2. The molecule has 0 aliphatic heterocycles. The van der Waals surface area contributed by atoms with Gasteiger partial charge in [0.05, 0.1) is 12.5 Å². The molecule has 3 rings (SSSR count). The topological polar surface area (TPSA) is 82.2 Å². The summed E-state index contributed by atoms with van der Waals surface area (Å²) in [6.45, 7) is 1.97. The second-order valence-electron chi connectivity index (χ2n) is 5.90. The Balaban J connectivity index is 1.87. The SMILES string of the molecule is Cc1cccc2cc(C(=O)N[C@H](CC(=O)O)c3ccc(Br)cc3)[nH]c12. The number of H-pyrrole nitrogens is 1. The van der Waals surface area contributed by atoms with Gasteiger partial charge in [-0.2, -0.15) is 0 Å². The minimum atomic E-state index is -0.972. The summed E-state index contributed by atoms with van der Waals surface area (Å²) in [6, 6.07) is 14.2. The van der Waals surface area contributed by atoms with Gasteiger partial charge in [-0.25, -0.2) is 0 Å². The van der Waals surface area contributed by atoms with E-state index in [0.29, 0.717) is 5.69 Å². The van der Waals surface area contributed by atoms with Crippen molar-refractivity contribution in [3.8, 4) is 0 Å². The Kier molecular flexibility index (Phi) is 4.90. The average molecular weight is 401 g/mol. The highest BCUT2D eigenvalue weighted by molar-refractivity contribution is 9.10. The zero-order valence-electron chi connectivity index (χ0n) is 13.5. The van der Waals surface area contributed by atoms with Crippen molar-refractivity contribution in [3.05, 3.63) is 69.8 Å². The van der Waals surface area contributed by atoms with E-state index in [1.807, 2.05) is 37.3 Å². The first-order valence-electron chi connectivity index (χ1n) is 7.80. The van der Waals surface area contributed by atoms with Crippen LogP contribution in [0.2, 0.25) is 0 Å². The Morgan fingerprint density at radius 2 is 1.92 bits per heavy atom. The third-order valence-corrected chi connectivity index (χ3v) is 4.59. The van der Waals surface area contributed by atoms with E-state index in [1.165, 1.54) is 0 Å². The van der Waals surface area contributed by atoms with Gasteiger partial charge in [-0.15, -0.1) is 0 Å². The van der Waals surface area contributed by atoms with E-state index in [-0.39, 0.29) is 12.3 Å². The fourth-order valence-electron chi connectivity index (χ4n) is 2.79. The number of aryl methyl sites for hydroxylation is 1. The number of benzene rings is 2. The summed E-state index contributed by atoms with van der Waals surface area (Å²) in [5, 5.41) is 12.9. The molecular weight excluding hydrogens is 384 g/mol. The molecule has 0 fully saturated rings. The Morgan fingerprint density at radius 3 is 2.56 bits per heavy atom. The van der Waals surface area contributed by atoms with Crippen LogP contribution in [0.25, 0.3) is 10.9 Å². The van der Waals surface area contributed by atoms with Crippen molar-refractivity contribution in [1.82, 2.24) is 10.3 Å². The zero-order chi connectivity index (χ0) is 18.0. The molecule has 5 nitrogen and oxygen atoms in total. The van der Waals surface area contributed by atoms with Gasteiger partial charge in [0.2, 0.25) is 0 Å². The van der Waals surface area contributed by atoms with E-state index < -0.39 is 12.0 Å². The van der Waals surface area contributed by atoms with Gasteiger partial charge in [0.25, 0.3) is 5.91 Å². The molecule has 0 aliphatic carbocycles. The summed E-state index contributed by atoms with van der Waals surface area (Å²) in [4.78, 5) is 26.9. The van der Waals surface area contributed by atoms with Crippen LogP contribution in [0.4, 0.5) is 0 Å². The van der Waals surface area contributed by atoms with Crippen molar-refractivity contribution in [2.45, 2.75) is 19.4 Å². The number of carbonyl (C=O) groups is 2. The van der Waals surface area contributed by atoms with Gasteiger partial charge >= 0.3 is 5.97 Å². The quantitative estimate of drug-likeness (QED) is 0.600. The maximum absolute atomic E-state index is 12.6. The summed E-state index contributed by atoms with van der Waals surface area (Å²) in [5.41, 5.74) is 3.11. The van der Waals surface area contributed by atoms with E-state index in [0.717, 1.165) is 26.5 Å². The Hall–Kier alpha value is -2.60. The summed E-state index contributed by atoms with van der Waals surface area (Å²) in [7, 11) is 0. The van der Waals surface area contributed by atoms with Crippen LogP contribution in [-0.4, -0.2) is 22.0 Å². The molecule has 0 radical (unpaired) electrons. The van der Waals surface area contributed by atoms with Crippen LogP contribution < -0.4 is 5.32 Å². The first-order chi connectivity index (χ1) is 11.9. The average Bonchev–Trinajstić information content (AvgIpc) is 3.00. The summed E-state index contributed by atoms with van der Waals surface area (Å²) in [5.74, 6) is -1.30. The molecule has 0 bridgehead atoms. The number of nitrogens with one attached hydrogen (secondary N) is 2. The first-order valence-corrected chi connectivity index (χ1v) is 8.60. The number of hydrogen-bond donors (Lipinski definition) is 3. The maximum atomic E-state index is 12.6. The molecule has 3 aromatic rings.